The molecule has 0 amide bonds. The third-order valence-electron chi connectivity index (χ3n) is 5.64. The van der Waals surface area contributed by atoms with Crippen molar-refractivity contribution in [3.63, 3.8) is 0 Å². The number of unbranched alkanes of at least 4 members (excludes halogenated alkanes) is 3. The summed E-state index contributed by atoms with van der Waals surface area (Å²) in [7, 11) is 0. The van der Waals surface area contributed by atoms with Gasteiger partial charge in [-0.15, -0.1) is 0 Å². The lowest BCUT2D eigenvalue weighted by Crippen LogP contribution is -2.39. The summed E-state index contributed by atoms with van der Waals surface area (Å²) < 4.78 is 0. The predicted molar refractivity (Wildman–Crippen MR) is 123 cm³/mol. The second kappa shape index (κ2) is 9.89. The van der Waals surface area contributed by atoms with Crippen LogP contribution >= 0.6 is 11.6 Å². The number of hydrogen-bond acceptors (Lipinski definition) is 1. The first-order valence-corrected chi connectivity index (χ1v) is 10.9. The number of benzene rings is 3. The Balaban J connectivity index is 2.23. The predicted octanol–water partition coefficient (Wildman–Crippen LogP) is 7.52. The van der Waals surface area contributed by atoms with Gasteiger partial charge in [-0.3, -0.25) is 4.79 Å². The molecule has 0 radical (unpaired) electrons. The van der Waals surface area contributed by atoms with Gasteiger partial charge in [0, 0.05) is 11.4 Å². The average molecular weight is 405 g/mol. The Hall–Kier alpha value is -2.38. The monoisotopic (exact) mass is 404 g/mol. The second-order valence-electron chi connectivity index (χ2n) is 7.70. The molecule has 0 fully saturated rings. The molecule has 0 heterocycles. The number of hydrogen-bond donors (Lipinski definition) is 0. The highest BCUT2D eigenvalue weighted by Gasteiger charge is 2.44. The third-order valence-corrected chi connectivity index (χ3v) is 5.97. The zero-order valence-corrected chi connectivity index (χ0v) is 18.1. The van der Waals surface area contributed by atoms with Gasteiger partial charge < -0.3 is 0 Å². The molecule has 3 aromatic rings. The first-order chi connectivity index (χ1) is 14.1. The van der Waals surface area contributed by atoms with Crippen LogP contribution in [0, 0.1) is 6.92 Å². The Morgan fingerprint density at radius 1 is 0.793 bits per heavy atom. The van der Waals surface area contributed by atoms with Crippen molar-refractivity contribution in [2.75, 3.05) is 0 Å². The molecule has 0 N–H and O–H groups in total. The van der Waals surface area contributed by atoms with E-state index in [-0.39, 0.29) is 5.78 Å². The van der Waals surface area contributed by atoms with E-state index in [4.69, 9.17) is 11.6 Å². The van der Waals surface area contributed by atoms with Crippen molar-refractivity contribution < 1.29 is 4.79 Å². The Labute approximate surface area is 179 Å². The van der Waals surface area contributed by atoms with Crippen LogP contribution < -0.4 is 0 Å². The molecule has 3 rings (SSSR count). The van der Waals surface area contributed by atoms with Gasteiger partial charge in [-0.1, -0.05) is 116 Å². The molecule has 0 spiro atoms. The van der Waals surface area contributed by atoms with E-state index in [9.17, 15) is 4.79 Å². The molecule has 2 heteroatoms. The first-order valence-electron chi connectivity index (χ1n) is 10.5. The Morgan fingerprint density at radius 3 is 2.07 bits per heavy atom. The quantitative estimate of drug-likeness (QED) is 0.266. The second-order valence-corrected chi connectivity index (χ2v) is 8.10. The van der Waals surface area contributed by atoms with Gasteiger partial charge in [0.1, 0.15) is 5.41 Å². The van der Waals surface area contributed by atoms with Crippen LogP contribution in [0.1, 0.15) is 61.3 Å². The smallest absolute Gasteiger partial charge is 0.152 e. The highest BCUT2D eigenvalue weighted by molar-refractivity contribution is 6.32. The van der Waals surface area contributed by atoms with Crippen LogP contribution in [0.25, 0.3) is 0 Å². The standard InChI is InChI=1S/C27H29ClO/c1-3-4-5-9-16-26(29)27(22-12-7-6-8-13-22,23-19-17-21(2)18-20-23)24-14-10-11-15-25(24)28/h6-8,10-15,17-20H,3-5,9,16H2,1-2H3. The van der Waals surface area contributed by atoms with E-state index in [0.29, 0.717) is 11.4 Å². The van der Waals surface area contributed by atoms with Crippen LogP contribution in [-0.4, -0.2) is 5.78 Å². The zero-order chi connectivity index (χ0) is 20.7. The fraction of sp³-hybridized carbons (Fsp3) is 0.296. The highest BCUT2D eigenvalue weighted by Crippen LogP contribution is 2.44. The summed E-state index contributed by atoms with van der Waals surface area (Å²) in [5, 5.41) is 0.624. The van der Waals surface area contributed by atoms with Gasteiger partial charge in [-0.2, -0.15) is 0 Å². The normalized spacial score (nSPS) is 13.1. The van der Waals surface area contributed by atoms with E-state index in [2.05, 4.69) is 38.1 Å². The SMILES string of the molecule is CCCCCCC(=O)C(c1ccccc1)(c1ccc(C)cc1)c1ccccc1Cl. The molecule has 150 valence electrons. The molecule has 0 aliphatic heterocycles. The van der Waals surface area contributed by atoms with Crippen molar-refractivity contribution in [1.29, 1.82) is 0 Å². The van der Waals surface area contributed by atoms with Crippen molar-refractivity contribution >= 4 is 17.4 Å². The largest absolute Gasteiger partial charge is 0.298 e. The molecule has 0 bridgehead atoms. The number of carbonyl (C=O) groups excluding carboxylic acids is 1. The van der Waals surface area contributed by atoms with Gasteiger partial charge in [0.15, 0.2) is 5.78 Å². The number of ketones is 1. The van der Waals surface area contributed by atoms with Crippen LogP contribution in [-0.2, 0) is 10.2 Å². The van der Waals surface area contributed by atoms with Gasteiger partial charge in [-0.25, -0.2) is 0 Å². The molecule has 1 unspecified atom stereocenters. The van der Waals surface area contributed by atoms with Crippen LogP contribution in [0.4, 0.5) is 0 Å². The van der Waals surface area contributed by atoms with Gasteiger partial charge in [0.25, 0.3) is 0 Å². The summed E-state index contributed by atoms with van der Waals surface area (Å²) >= 11 is 6.72. The van der Waals surface area contributed by atoms with Crippen LogP contribution in [0.5, 0.6) is 0 Å². The third kappa shape index (κ3) is 4.46. The number of Topliss-reactive ketones (excluding diaryl/α,β-unsaturated/α-hetero) is 1. The van der Waals surface area contributed by atoms with Crippen LogP contribution in [0.15, 0.2) is 78.9 Å². The summed E-state index contributed by atoms with van der Waals surface area (Å²) in [6.07, 6.45) is 4.82. The maximum atomic E-state index is 14.0. The topological polar surface area (TPSA) is 17.1 Å². The molecule has 29 heavy (non-hydrogen) atoms. The minimum Gasteiger partial charge on any atom is -0.298 e. The average Bonchev–Trinajstić information content (AvgIpc) is 2.75. The molecule has 1 nitrogen and oxygen atoms in total. The lowest BCUT2D eigenvalue weighted by Gasteiger charge is -2.35. The van der Waals surface area contributed by atoms with E-state index < -0.39 is 5.41 Å². The Kier molecular flexibility index (Phi) is 7.28. The number of halogens is 1. The van der Waals surface area contributed by atoms with Gasteiger partial charge in [-0.05, 0) is 36.1 Å². The van der Waals surface area contributed by atoms with E-state index in [0.717, 1.165) is 42.4 Å². The summed E-state index contributed by atoms with van der Waals surface area (Å²) in [6.45, 7) is 4.25. The summed E-state index contributed by atoms with van der Waals surface area (Å²) in [5.41, 5.74) is 3.07. The van der Waals surface area contributed by atoms with Crippen molar-refractivity contribution in [3.05, 3.63) is 106 Å². The molecule has 0 saturated heterocycles. The van der Waals surface area contributed by atoms with Gasteiger partial charge >= 0.3 is 0 Å². The van der Waals surface area contributed by atoms with Gasteiger partial charge in [0.05, 0.1) is 0 Å². The van der Waals surface area contributed by atoms with Crippen LogP contribution in [0.2, 0.25) is 5.02 Å². The molecule has 0 aliphatic rings. The zero-order valence-electron chi connectivity index (χ0n) is 17.3. The number of carbonyl (C=O) groups is 1. The molecule has 0 aromatic heterocycles. The molecule has 3 aromatic carbocycles. The fourth-order valence-electron chi connectivity index (χ4n) is 4.11. The van der Waals surface area contributed by atoms with E-state index in [1.165, 1.54) is 5.56 Å². The maximum absolute atomic E-state index is 14.0. The minimum absolute atomic E-state index is 0.205. The maximum Gasteiger partial charge on any atom is 0.152 e. The molecule has 0 saturated carbocycles. The Bertz CT molecular complexity index is 930. The summed E-state index contributed by atoms with van der Waals surface area (Å²) in [6, 6.07) is 26.2. The van der Waals surface area contributed by atoms with Crippen molar-refractivity contribution in [2.24, 2.45) is 0 Å². The van der Waals surface area contributed by atoms with E-state index in [1.54, 1.807) is 0 Å². The molecular formula is C27H29ClO. The Morgan fingerprint density at radius 2 is 1.41 bits per heavy atom. The summed E-state index contributed by atoms with van der Waals surface area (Å²) in [4.78, 5) is 14.0. The van der Waals surface area contributed by atoms with Crippen molar-refractivity contribution in [2.45, 2.75) is 51.4 Å². The number of aryl methyl sites for hydroxylation is 1. The summed E-state index contributed by atoms with van der Waals surface area (Å²) in [5.74, 6) is 0.205. The molecular weight excluding hydrogens is 376 g/mol. The van der Waals surface area contributed by atoms with Crippen molar-refractivity contribution in [3.8, 4) is 0 Å². The van der Waals surface area contributed by atoms with Crippen LogP contribution in [0.3, 0.4) is 0 Å². The minimum atomic E-state index is -0.903. The fourth-order valence-corrected chi connectivity index (χ4v) is 4.38. The van der Waals surface area contributed by atoms with Crippen molar-refractivity contribution in [1.82, 2.24) is 0 Å². The lowest BCUT2D eigenvalue weighted by atomic mass is 9.65. The molecule has 0 aliphatic carbocycles. The highest BCUT2D eigenvalue weighted by atomic mass is 35.5. The molecule has 1 atom stereocenters. The number of rotatable bonds is 9. The van der Waals surface area contributed by atoms with E-state index >= 15 is 0 Å². The van der Waals surface area contributed by atoms with E-state index in [1.807, 2.05) is 54.6 Å². The van der Waals surface area contributed by atoms with Gasteiger partial charge in [0.2, 0.25) is 0 Å². The lowest BCUT2D eigenvalue weighted by molar-refractivity contribution is -0.122. The first kappa shape index (κ1) is 21.3.